The molecule has 2 aromatic heterocycles. The number of aryl methyl sites for hydroxylation is 1. The zero-order valence-electron chi connectivity index (χ0n) is 20.5. The molecule has 0 spiro atoms. The summed E-state index contributed by atoms with van der Waals surface area (Å²) in [5.41, 5.74) is 5.31. The van der Waals surface area contributed by atoms with Crippen LogP contribution in [0.2, 0.25) is 0 Å². The molecule has 0 aliphatic carbocycles. The van der Waals surface area contributed by atoms with Gasteiger partial charge >= 0.3 is 0 Å². The molecule has 3 aromatic rings. The van der Waals surface area contributed by atoms with Crippen LogP contribution >= 0.6 is 0 Å². The van der Waals surface area contributed by atoms with Gasteiger partial charge in [-0.3, -0.25) is 0 Å². The zero-order valence-corrected chi connectivity index (χ0v) is 20.5. The van der Waals surface area contributed by atoms with Gasteiger partial charge in [-0.2, -0.15) is 0 Å². The number of aromatic nitrogens is 3. The number of hydrogen-bond acceptors (Lipinski definition) is 8. The van der Waals surface area contributed by atoms with Gasteiger partial charge in [0.25, 0.3) is 0 Å². The second-order valence-electron chi connectivity index (χ2n) is 9.96. The Labute approximate surface area is 206 Å². The Bertz CT molecular complexity index is 1190. The average molecular weight is 473 g/mol. The number of nitrogens with zero attached hydrogens (tertiary/aromatic N) is 5. The summed E-state index contributed by atoms with van der Waals surface area (Å²) < 4.78 is 11.6. The Balaban J connectivity index is 1.16. The number of nitrogens with one attached hydrogen (secondary N) is 1. The predicted octanol–water partition coefficient (Wildman–Crippen LogP) is 4.18. The highest BCUT2D eigenvalue weighted by Gasteiger charge is 2.39. The van der Waals surface area contributed by atoms with Crippen molar-refractivity contribution in [1.29, 1.82) is 0 Å². The Hall–Kier alpha value is -3.23. The van der Waals surface area contributed by atoms with Gasteiger partial charge in [-0.15, -0.1) is 0 Å². The first-order valence-corrected chi connectivity index (χ1v) is 12.5. The van der Waals surface area contributed by atoms with Crippen molar-refractivity contribution in [2.45, 2.75) is 51.5 Å². The number of pyridine rings is 1. The molecule has 2 bridgehead atoms. The summed E-state index contributed by atoms with van der Waals surface area (Å²) in [5, 5.41) is 3.37. The molecule has 1 N–H and O–H groups in total. The number of benzene rings is 1. The van der Waals surface area contributed by atoms with Crippen molar-refractivity contribution >= 4 is 23.1 Å². The van der Waals surface area contributed by atoms with E-state index < -0.39 is 0 Å². The molecule has 3 aliphatic rings. The van der Waals surface area contributed by atoms with Crippen molar-refractivity contribution in [3.05, 3.63) is 54.4 Å². The average Bonchev–Trinajstić information content (AvgIpc) is 3.48. The molecule has 6 rings (SSSR count). The summed E-state index contributed by atoms with van der Waals surface area (Å²) in [6.07, 6.45) is 5.60. The normalized spacial score (nSPS) is 25.8. The van der Waals surface area contributed by atoms with E-state index in [1.165, 1.54) is 11.3 Å². The van der Waals surface area contributed by atoms with Crippen LogP contribution in [0.1, 0.15) is 25.8 Å². The number of ether oxygens (including phenoxy) is 2. The summed E-state index contributed by atoms with van der Waals surface area (Å²) in [5.74, 6) is 1.54. The van der Waals surface area contributed by atoms with Crippen LogP contribution in [0.25, 0.3) is 11.3 Å². The predicted molar refractivity (Wildman–Crippen MR) is 137 cm³/mol. The molecular weight excluding hydrogens is 440 g/mol. The molecule has 1 aromatic carbocycles. The fourth-order valence-electron chi connectivity index (χ4n) is 5.55. The molecule has 4 atom stereocenters. The van der Waals surface area contributed by atoms with Crippen LogP contribution in [-0.2, 0) is 9.47 Å². The first kappa shape index (κ1) is 22.2. The van der Waals surface area contributed by atoms with Crippen molar-refractivity contribution < 1.29 is 9.47 Å². The van der Waals surface area contributed by atoms with Gasteiger partial charge in [-0.05, 0) is 69.2 Å². The van der Waals surface area contributed by atoms with E-state index >= 15 is 0 Å². The van der Waals surface area contributed by atoms with E-state index in [1.807, 2.05) is 12.3 Å². The van der Waals surface area contributed by atoms with Gasteiger partial charge in [0.15, 0.2) is 0 Å². The minimum atomic E-state index is 0.202. The maximum Gasteiger partial charge on any atom is 0.227 e. The summed E-state index contributed by atoms with van der Waals surface area (Å²) in [6, 6.07) is 13.0. The highest BCUT2D eigenvalue weighted by molar-refractivity contribution is 5.66. The topological polar surface area (TPSA) is 75.6 Å². The highest BCUT2D eigenvalue weighted by Crippen LogP contribution is 2.35. The third-order valence-corrected chi connectivity index (χ3v) is 7.11. The molecule has 8 heteroatoms. The van der Waals surface area contributed by atoms with Gasteiger partial charge in [0, 0.05) is 49.0 Å². The minimum Gasteiger partial charge on any atom is -0.374 e. The van der Waals surface area contributed by atoms with Crippen LogP contribution in [0.15, 0.2) is 48.8 Å². The van der Waals surface area contributed by atoms with Crippen LogP contribution in [0.3, 0.4) is 0 Å². The second kappa shape index (κ2) is 9.09. The van der Waals surface area contributed by atoms with Crippen LogP contribution in [-0.4, -0.2) is 65.5 Å². The third-order valence-electron chi connectivity index (χ3n) is 7.11. The maximum absolute atomic E-state index is 5.84. The number of rotatable bonds is 5. The molecule has 35 heavy (non-hydrogen) atoms. The van der Waals surface area contributed by atoms with Crippen LogP contribution in [0, 0.1) is 6.92 Å². The number of fused-ring (bicyclic) bond motifs is 2. The van der Waals surface area contributed by atoms with Gasteiger partial charge in [-0.25, -0.2) is 15.0 Å². The SMILES string of the molecule is Cc1cc(Nc2nccc(-c3ccc(N4C[C@@H](C)O[C@@H](C)C4)nc3)n2)ccc1N1CC2CC1CO2. The maximum atomic E-state index is 5.84. The van der Waals surface area contributed by atoms with Gasteiger partial charge in [-0.1, -0.05) is 0 Å². The lowest BCUT2D eigenvalue weighted by Crippen LogP contribution is -2.45. The van der Waals surface area contributed by atoms with Crippen molar-refractivity contribution in [3.63, 3.8) is 0 Å². The van der Waals surface area contributed by atoms with Crippen molar-refractivity contribution in [2.24, 2.45) is 0 Å². The first-order valence-electron chi connectivity index (χ1n) is 12.5. The van der Waals surface area contributed by atoms with Crippen molar-refractivity contribution in [1.82, 2.24) is 15.0 Å². The second-order valence-corrected chi connectivity index (χ2v) is 9.96. The molecule has 0 saturated carbocycles. The molecule has 0 radical (unpaired) electrons. The Morgan fingerprint density at radius 1 is 1.00 bits per heavy atom. The van der Waals surface area contributed by atoms with E-state index in [0.717, 1.165) is 55.4 Å². The minimum absolute atomic E-state index is 0.202. The van der Waals surface area contributed by atoms with Crippen LogP contribution in [0.4, 0.5) is 23.1 Å². The fourth-order valence-corrected chi connectivity index (χ4v) is 5.55. The number of morpholine rings is 2. The smallest absolute Gasteiger partial charge is 0.227 e. The van der Waals surface area contributed by atoms with Crippen molar-refractivity contribution in [3.8, 4) is 11.3 Å². The molecule has 8 nitrogen and oxygen atoms in total. The van der Waals surface area contributed by atoms with E-state index in [4.69, 9.17) is 19.4 Å². The van der Waals surface area contributed by atoms with Gasteiger partial charge in [0.2, 0.25) is 5.95 Å². The van der Waals surface area contributed by atoms with Gasteiger partial charge < -0.3 is 24.6 Å². The van der Waals surface area contributed by atoms with Crippen molar-refractivity contribution in [2.75, 3.05) is 41.4 Å². The lowest BCUT2D eigenvalue weighted by molar-refractivity contribution is -0.00545. The van der Waals surface area contributed by atoms with Gasteiger partial charge in [0.1, 0.15) is 5.82 Å². The van der Waals surface area contributed by atoms with Crippen LogP contribution < -0.4 is 15.1 Å². The molecular formula is C27H32N6O2. The number of anilines is 4. The van der Waals surface area contributed by atoms with Gasteiger partial charge in [0.05, 0.1) is 36.7 Å². The Kier molecular flexibility index (Phi) is 5.78. The Morgan fingerprint density at radius 2 is 1.86 bits per heavy atom. The highest BCUT2D eigenvalue weighted by atomic mass is 16.5. The number of hydrogen-bond donors (Lipinski definition) is 1. The lowest BCUT2D eigenvalue weighted by Gasteiger charge is -2.36. The quantitative estimate of drug-likeness (QED) is 0.593. The summed E-state index contributed by atoms with van der Waals surface area (Å²) in [6.45, 7) is 9.89. The summed E-state index contributed by atoms with van der Waals surface area (Å²) in [7, 11) is 0. The van der Waals surface area contributed by atoms with Crippen LogP contribution in [0.5, 0.6) is 0 Å². The molecule has 2 unspecified atom stereocenters. The van der Waals surface area contributed by atoms with E-state index in [-0.39, 0.29) is 12.2 Å². The monoisotopic (exact) mass is 472 g/mol. The zero-order chi connectivity index (χ0) is 23.9. The first-order chi connectivity index (χ1) is 17.0. The lowest BCUT2D eigenvalue weighted by atomic mass is 10.1. The van der Waals surface area contributed by atoms with E-state index in [1.54, 1.807) is 6.20 Å². The molecule has 3 fully saturated rings. The standard InChI is InChI=1S/C27H32N6O2/c1-17-10-21(5-6-25(17)33-15-23-11-22(33)16-34-23)30-27-28-9-8-24(31-27)20-4-7-26(29-12-20)32-13-18(2)35-19(3)14-32/h4-10,12,18-19,22-23H,11,13-16H2,1-3H3,(H,28,30,31)/t18-,19+,22?,23?. The molecule has 5 heterocycles. The summed E-state index contributed by atoms with van der Waals surface area (Å²) >= 11 is 0. The van der Waals surface area contributed by atoms with E-state index in [9.17, 15) is 0 Å². The fraction of sp³-hybridized carbons (Fsp3) is 0.444. The molecule has 0 amide bonds. The van der Waals surface area contributed by atoms with E-state index in [2.05, 4.69) is 71.2 Å². The molecule has 182 valence electrons. The third kappa shape index (κ3) is 4.56. The summed E-state index contributed by atoms with van der Waals surface area (Å²) in [4.78, 5) is 18.7. The largest absolute Gasteiger partial charge is 0.374 e. The van der Waals surface area contributed by atoms with E-state index in [0.29, 0.717) is 18.1 Å². The molecule has 3 aliphatic heterocycles. The molecule has 3 saturated heterocycles. The Morgan fingerprint density at radius 3 is 2.54 bits per heavy atom.